The number of hydrogen-bond acceptors (Lipinski definition) is 5. The van der Waals surface area contributed by atoms with Gasteiger partial charge in [0, 0.05) is 19.5 Å². The summed E-state index contributed by atoms with van der Waals surface area (Å²) in [4.78, 5) is 26.8. The Labute approximate surface area is 122 Å². The van der Waals surface area contributed by atoms with Crippen molar-refractivity contribution in [2.24, 2.45) is 0 Å². The number of hydrogen-bond donors (Lipinski definition) is 1. The van der Waals surface area contributed by atoms with Crippen molar-refractivity contribution < 1.29 is 14.3 Å². The Hall–Kier alpha value is -1.14. The smallest absolute Gasteiger partial charge is 0.306 e. The molecule has 6 heteroatoms. The predicted molar refractivity (Wildman–Crippen MR) is 79.5 cm³/mol. The lowest BCUT2D eigenvalue weighted by molar-refractivity contribution is -0.142. The van der Waals surface area contributed by atoms with Crippen molar-refractivity contribution in [1.82, 2.24) is 15.1 Å². The second-order valence-corrected chi connectivity index (χ2v) is 4.98. The minimum absolute atomic E-state index is 0.102. The Morgan fingerprint density at radius 3 is 2.30 bits per heavy atom. The van der Waals surface area contributed by atoms with Crippen LogP contribution in [0.25, 0.3) is 0 Å². The van der Waals surface area contributed by atoms with Gasteiger partial charge < -0.3 is 19.9 Å². The molecule has 1 N–H and O–H groups in total. The van der Waals surface area contributed by atoms with Crippen molar-refractivity contribution in [2.75, 3.05) is 53.9 Å². The number of esters is 1. The lowest BCUT2D eigenvalue weighted by atomic mass is 10.3. The van der Waals surface area contributed by atoms with Crippen LogP contribution in [0.1, 0.15) is 26.2 Å². The Kier molecular flexibility index (Phi) is 11.0. The van der Waals surface area contributed by atoms with E-state index < -0.39 is 0 Å². The maximum Gasteiger partial charge on any atom is 0.306 e. The fourth-order valence-electron chi connectivity index (χ4n) is 1.67. The molecule has 0 aromatic rings. The van der Waals surface area contributed by atoms with Gasteiger partial charge in [0.25, 0.3) is 0 Å². The zero-order chi connectivity index (χ0) is 15.4. The van der Waals surface area contributed by atoms with Crippen LogP contribution in [-0.4, -0.2) is 75.6 Å². The van der Waals surface area contributed by atoms with Crippen molar-refractivity contribution >= 4 is 11.9 Å². The molecule has 20 heavy (non-hydrogen) atoms. The first-order chi connectivity index (χ1) is 9.49. The average molecular weight is 287 g/mol. The monoisotopic (exact) mass is 287 g/mol. The molecule has 118 valence electrons. The van der Waals surface area contributed by atoms with Gasteiger partial charge in [0.1, 0.15) is 0 Å². The predicted octanol–water partition coefficient (Wildman–Crippen LogP) is 0.329. The standard InChI is InChI=1S/C14H29N3O3/c1-5-16(2)10-6-11-17(3)12-9-15-13(18)7-8-14(19)20-4/h5-12H2,1-4H3,(H,15,18). The normalized spacial score (nSPS) is 10.9. The van der Waals surface area contributed by atoms with E-state index in [4.69, 9.17) is 0 Å². The lowest BCUT2D eigenvalue weighted by Crippen LogP contribution is -2.34. The maximum atomic E-state index is 11.4. The molecule has 0 aromatic heterocycles. The van der Waals surface area contributed by atoms with Crippen molar-refractivity contribution in [2.45, 2.75) is 26.2 Å². The van der Waals surface area contributed by atoms with Crippen LogP contribution in [0.4, 0.5) is 0 Å². The molecular formula is C14H29N3O3. The van der Waals surface area contributed by atoms with Crippen LogP contribution in [0.5, 0.6) is 0 Å². The quantitative estimate of drug-likeness (QED) is 0.555. The Balaban J connectivity index is 3.53. The number of nitrogens with zero attached hydrogens (tertiary/aromatic N) is 2. The molecule has 0 saturated carbocycles. The van der Waals surface area contributed by atoms with Gasteiger partial charge in [0.15, 0.2) is 0 Å². The topological polar surface area (TPSA) is 61.9 Å². The molecule has 0 aliphatic rings. The van der Waals surface area contributed by atoms with E-state index >= 15 is 0 Å². The number of carbonyl (C=O) groups is 2. The summed E-state index contributed by atoms with van der Waals surface area (Å²) in [6.45, 7) is 6.75. The molecule has 0 saturated heterocycles. The van der Waals surface area contributed by atoms with E-state index in [9.17, 15) is 9.59 Å². The number of amides is 1. The van der Waals surface area contributed by atoms with E-state index in [1.54, 1.807) is 0 Å². The first-order valence-corrected chi connectivity index (χ1v) is 7.20. The first kappa shape index (κ1) is 18.9. The van der Waals surface area contributed by atoms with Gasteiger partial charge in [0.05, 0.1) is 13.5 Å². The number of nitrogens with one attached hydrogen (secondary N) is 1. The molecule has 0 spiro atoms. The third-order valence-corrected chi connectivity index (χ3v) is 3.22. The van der Waals surface area contributed by atoms with E-state index in [2.05, 4.69) is 33.8 Å². The summed E-state index contributed by atoms with van der Waals surface area (Å²) in [7, 11) is 5.49. The van der Waals surface area contributed by atoms with Crippen molar-refractivity contribution in [3.63, 3.8) is 0 Å². The van der Waals surface area contributed by atoms with Gasteiger partial charge in [-0.15, -0.1) is 0 Å². The summed E-state index contributed by atoms with van der Waals surface area (Å²) < 4.78 is 4.48. The fourth-order valence-corrected chi connectivity index (χ4v) is 1.67. The minimum atomic E-state index is -0.350. The molecule has 0 radical (unpaired) electrons. The first-order valence-electron chi connectivity index (χ1n) is 7.20. The fraction of sp³-hybridized carbons (Fsp3) is 0.857. The molecular weight excluding hydrogens is 258 g/mol. The number of rotatable bonds is 11. The highest BCUT2D eigenvalue weighted by Crippen LogP contribution is 1.93. The highest BCUT2D eigenvalue weighted by molar-refractivity contribution is 5.81. The van der Waals surface area contributed by atoms with E-state index in [0.717, 1.165) is 32.6 Å². The molecule has 0 unspecified atom stereocenters. The minimum Gasteiger partial charge on any atom is -0.469 e. The number of carbonyl (C=O) groups excluding carboxylic acids is 2. The van der Waals surface area contributed by atoms with Crippen LogP contribution in [0.15, 0.2) is 0 Å². The average Bonchev–Trinajstić information content (AvgIpc) is 2.44. The third kappa shape index (κ3) is 10.8. The highest BCUT2D eigenvalue weighted by atomic mass is 16.5. The van der Waals surface area contributed by atoms with Crippen LogP contribution in [-0.2, 0) is 14.3 Å². The van der Waals surface area contributed by atoms with Crippen LogP contribution >= 0.6 is 0 Å². The Bertz CT molecular complexity index is 285. The Morgan fingerprint density at radius 2 is 1.70 bits per heavy atom. The largest absolute Gasteiger partial charge is 0.469 e. The van der Waals surface area contributed by atoms with Gasteiger partial charge in [-0.2, -0.15) is 0 Å². The molecule has 0 bridgehead atoms. The third-order valence-electron chi connectivity index (χ3n) is 3.22. The van der Waals surface area contributed by atoms with E-state index in [0.29, 0.717) is 6.54 Å². The number of methoxy groups -OCH3 is 1. The van der Waals surface area contributed by atoms with Gasteiger partial charge in [-0.3, -0.25) is 9.59 Å². The van der Waals surface area contributed by atoms with Crippen molar-refractivity contribution in [3.8, 4) is 0 Å². The summed E-state index contributed by atoms with van der Waals surface area (Å²) in [5.41, 5.74) is 0. The molecule has 0 aliphatic heterocycles. The second kappa shape index (κ2) is 11.7. The number of likely N-dealkylation sites (N-methyl/N-ethyl adjacent to an activating group) is 1. The van der Waals surface area contributed by atoms with Crippen molar-refractivity contribution in [1.29, 1.82) is 0 Å². The van der Waals surface area contributed by atoms with E-state index in [1.807, 2.05) is 7.05 Å². The van der Waals surface area contributed by atoms with Crippen LogP contribution in [0.2, 0.25) is 0 Å². The molecule has 0 rings (SSSR count). The summed E-state index contributed by atoms with van der Waals surface area (Å²) in [6.07, 6.45) is 1.45. The summed E-state index contributed by atoms with van der Waals surface area (Å²) in [5, 5.41) is 2.80. The molecule has 0 aromatic carbocycles. The molecule has 0 aliphatic carbocycles. The van der Waals surface area contributed by atoms with Gasteiger partial charge >= 0.3 is 5.97 Å². The zero-order valence-corrected chi connectivity index (χ0v) is 13.3. The Morgan fingerprint density at radius 1 is 1.05 bits per heavy atom. The van der Waals surface area contributed by atoms with Crippen LogP contribution in [0.3, 0.4) is 0 Å². The summed E-state index contributed by atoms with van der Waals surface area (Å²) in [5.74, 6) is -0.452. The van der Waals surface area contributed by atoms with E-state index in [-0.39, 0.29) is 24.7 Å². The molecule has 1 amide bonds. The SMILES string of the molecule is CCN(C)CCCN(C)CCNC(=O)CCC(=O)OC. The van der Waals surface area contributed by atoms with Gasteiger partial charge in [0.2, 0.25) is 5.91 Å². The maximum absolute atomic E-state index is 11.4. The van der Waals surface area contributed by atoms with Gasteiger partial charge in [-0.1, -0.05) is 6.92 Å². The molecule has 6 nitrogen and oxygen atoms in total. The summed E-state index contributed by atoms with van der Waals surface area (Å²) in [6, 6.07) is 0. The van der Waals surface area contributed by atoms with E-state index in [1.165, 1.54) is 7.11 Å². The van der Waals surface area contributed by atoms with Crippen LogP contribution < -0.4 is 5.32 Å². The molecule has 0 fully saturated rings. The lowest BCUT2D eigenvalue weighted by Gasteiger charge is -2.19. The second-order valence-electron chi connectivity index (χ2n) is 4.98. The number of ether oxygens (including phenoxy) is 1. The van der Waals surface area contributed by atoms with Gasteiger partial charge in [-0.05, 0) is 40.2 Å². The van der Waals surface area contributed by atoms with Gasteiger partial charge in [-0.25, -0.2) is 0 Å². The van der Waals surface area contributed by atoms with Crippen molar-refractivity contribution in [3.05, 3.63) is 0 Å². The molecule has 0 heterocycles. The highest BCUT2D eigenvalue weighted by Gasteiger charge is 2.06. The van der Waals surface area contributed by atoms with Crippen LogP contribution in [0, 0.1) is 0 Å². The zero-order valence-electron chi connectivity index (χ0n) is 13.3. The summed E-state index contributed by atoms with van der Waals surface area (Å²) >= 11 is 0. The molecule has 0 atom stereocenters.